The molecule has 0 saturated heterocycles. The van der Waals surface area contributed by atoms with Gasteiger partial charge in [0.25, 0.3) is 0 Å². The molecule has 2 aromatic carbocycles. The quantitative estimate of drug-likeness (QED) is 0.318. The van der Waals surface area contributed by atoms with Crippen molar-refractivity contribution >= 4 is 33.5 Å². The second kappa shape index (κ2) is 7.55. The summed E-state index contributed by atoms with van der Waals surface area (Å²) in [4.78, 5) is 20.3. The Balaban J connectivity index is 1.80. The van der Waals surface area contributed by atoms with E-state index < -0.39 is 0 Å². The molecule has 6 heteroatoms. The molecule has 0 radical (unpaired) electrons. The second-order valence-electron chi connectivity index (χ2n) is 6.99. The van der Waals surface area contributed by atoms with E-state index in [0.29, 0.717) is 11.7 Å². The first-order chi connectivity index (χ1) is 14.8. The lowest BCUT2D eigenvalue weighted by atomic mass is 10.0. The highest BCUT2D eigenvalue weighted by atomic mass is 16.3. The molecule has 0 saturated carbocycles. The van der Waals surface area contributed by atoms with Crippen molar-refractivity contribution in [2.75, 3.05) is 18.0 Å². The van der Waals surface area contributed by atoms with Crippen molar-refractivity contribution in [2.24, 2.45) is 4.99 Å². The van der Waals surface area contributed by atoms with Crippen molar-refractivity contribution in [1.82, 2.24) is 15.0 Å². The molecular weight excluding hydrogens is 374 g/mol. The predicted octanol–water partition coefficient (Wildman–Crippen LogP) is 4.95. The maximum Gasteiger partial charge on any atom is 0.249 e. The zero-order chi connectivity index (χ0) is 20.5. The standard InChI is InChI=1S/C24H21N5O/c1-3-29(4-2)16-10-11-19-21(14-16)30-22-15-20(28-24-25-12-7-13-26-24)17-8-5-6-9-18(17)23(22)27-19/h5-15H,3-4H2,1-2H3/b28-20+. The van der Waals surface area contributed by atoms with Gasteiger partial charge in [-0.05, 0) is 32.0 Å². The maximum absolute atomic E-state index is 6.32. The smallest absolute Gasteiger partial charge is 0.249 e. The van der Waals surface area contributed by atoms with Gasteiger partial charge in [-0.2, -0.15) is 0 Å². The van der Waals surface area contributed by atoms with Gasteiger partial charge in [0.15, 0.2) is 11.3 Å². The minimum Gasteiger partial charge on any atom is -0.453 e. The number of benzene rings is 3. The Hall–Kier alpha value is -3.80. The van der Waals surface area contributed by atoms with Gasteiger partial charge in [0.1, 0.15) is 11.2 Å². The third-order valence-corrected chi connectivity index (χ3v) is 5.26. The highest BCUT2D eigenvalue weighted by molar-refractivity contribution is 5.96. The van der Waals surface area contributed by atoms with E-state index in [0.717, 1.165) is 51.7 Å². The van der Waals surface area contributed by atoms with Crippen molar-refractivity contribution in [3.8, 4) is 11.5 Å². The third kappa shape index (κ3) is 3.16. The fourth-order valence-corrected chi connectivity index (χ4v) is 3.76. The van der Waals surface area contributed by atoms with Crippen LogP contribution < -0.4 is 10.3 Å². The molecule has 0 atom stereocenters. The fraction of sp³-hybridized carbons (Fsp3) is 0.167. The summed E-state index contributed by atoms with van der Waals surface area (Å²) in [5.74, 6) is 1.10. The Morgan fingerprint density at radius 1 is 0.900 bits per heavy atom. The van der Waals surface area contributed by atoms with Crippen molar-refractivity contribution in [3.05, 3.63) is 72.3 Å². The average Bonchev–Trinajstić information content (AvgIpc) is 2.79. The Morgan fingerprint density at radius 2 is 1.67 bits per heavy atom. The second-order valence-corrected chi connectivity index (χ2v) is 6.99. The van der Waals surface area contributed by atoms with Crippen molar-refractivity contribution in [3.63, 3.8) is 0 Å². The highest BCUT2D eigenvalue weighted by Gasteiger charge is 2.15. The molecule has 0 N–H and O–H groups in total. The zero-order valence-corrected chi connectivity index (χ0v) is 16.9. The molecule has 0 amide bonds. The van der Waals surface area contributed by atoms with Crippen LogP contribution in [-0.4, -0.2) is 28.0 Å². The van der Waals surface area contributed by atoms with E-state index >= 15 is 0 Å². The molecule has 3 aromatic rings. The van der Waals surface area contributed by atoms with Crippen LogP contribution in [0.25, 0.3) is 33.3 Å². The first-order valence-corrected chi connectivity index (χ1v) is 10.1. The van der Waals surface area contributed by atoms with Gasteiger partial charge in [-0.25, -0.2) is 19.9 Å². The van der Waals surface area contributed by atoms with E-state index in [1.54, 1.807) is 18.5 Å². The van der Waals surface area contributed by atoms with Crippen LogP contribution in [0, 0.1) is 0 Å². The monoisotopic (exact) mass is 395 g/mol. The van der Waals surface area contributed by atoms with Crippen LogP contribution in [0.3, 0.4) is 0 Å². The Morgan fingerprint density at radius 3 is 2.43 bits per heavy atom. The summed E-state index contributed by atoms with van der Waals surface area (Å²) in [6, 6.07) is 17.9. The van der Waals surface area contributed by atoms with Crippen molar-refractivity contribution in [1.29, 1.82) is 0 Å². The lowest BCUT2D eigenvalue weighted by molar-refractivity contribution is 0.613. The van der Waals surface area contributed by atoms with E-state index in [4.69, 9.17) is 9.40 Å². The van der Waals surface area contributed by atoms with Crippen LogP contribution in [0.5, 0.6) is 0 Å². The summed E-state index contributed by atoms with van der Waals surface area (Å²) in [7, 11) is 0. The van der Waals surface area contributed by atoms with Crippen LogP contribution in [0.2, 0.25) is 0 Å². The van der Waals surface area contributed by atoms with Crippen LogP contribution >= 0.6 is 0 Å². The highest BCUT2D eigenvalue weighted by Crippen LogP contribution is 2.31. The molecule has 148 valence electrons. The number of aromatic nitrogens is 3. The fourth-order valence-electron chi connectivity index (χ4n) is 3.76. The Labute approximate surface area is 173 Å². The van der Waals surface area contributed by atoms with Crippen molar-refractivity contribution < 1.29 is 4.42 Å². The number of rotatable bonds is 4. The van der Waals surface area contributed by atoms with E-state index in [9.17, 15) is 0 Å². The summed E-state index contributed by atoms with van der Waals surface area (Å²) in [6.07, 6.45) is 3.37. The third-order valence-electron chi connectivity index (χ3n) is 5.26. The summed E-state index contributed by atoms with van der Waals surface area (Å²) in [5.41, 5.74) is 3.53. The number of hydrogen-bond acceptors (Lipinski definition) is 6. The topological polar surface area (TPSA) is 67.4 Å². The van der Waals surface area contributed by atoms with Gasteiger partial charge in [-0.1, -0.05) is 24.3 Å². The van der Waals surface area contributed by atoms with E-state index in [2.05, 4.69) is 45.8 Å². The molecule has 2 aliphatic rings. The molecule has 1 aliphatic heterocycles. The minimum atomic E-state index is 0.416. The lowest BCUT2D eigenvalue weighted by Gasteiger charge is -2.21. The molecular formula is C24H21N5O. The van der Waals surface area contributed by atoms with Crippen LogP contribution in [-0.2, 0) is 0 Å². The molecule has 30 heavy (non-hydrogen) atoms. The van der Waals surface area contributed by atoms with Gasteiger partial charge >= 0.3 is 0 Å². The molecule has 0 unspecified atom stereocenters. The summed E-state index contributed by atoms with van der Waals surface area (Å²) < 4.78 is 6.32. The summed E-state index contributed by atoms with van der Waals surface area (Å²) in [5, 5.41) is 2.73. The van der Waals surface area contributed by atoms with Gasteiger partial charge in [0.05, 0.1) is 5.36 Å². The first kappa shape index (κ1) is 18.2. The van der Waals surface area contributed by atoms with E-state index in [1.165, 1.54) is 0 Å². The average molecular weight is 395 g/mol. The number of hydrogen-bond donors (Lipinski definition) is 0. The SMILES string of the molecule is CCN(CC)c1ccc2nc3c4ccccc4/c(=N/c4ncccn4)cc-3oc2c1. The minimum absolute atomic E-state index is 0.416. The number of fused-ring (bicyclic) bond motifs is 4. The van der Waals surface area contributed by atoms with E-state index in [-0.39, 0.29) is 0 Å². The molecule has 1 aromatic heterocycles. The largest absolute Gasteiger partial charge is 0.453 e. The first-order valence-electron chi connectivity index (χ1n) is 10.1. The molecule has 5 rings (SSSR count). The lowest BCUT2D eigenvalue weighted by Crippen LogP contribution is -2.21. The molecule has 1 aliphatic carbocycles. The molecule has 0 bridgehead atoms. The van der Waals surface area contributed by atoms with Crippen LogP contribution in [0.1, 0.15) is 13.8 Å². The Bertz CT molecular complexity index is 1370. The van der Waals surface area contributed by atoms with Gasteiger partial charge < -0.3 is 9.32 Å². The number of anilines is 1. The molecule has 6 nitrogen and oxygen atoms in total. The molecule has 2 heterocycles. The Kier molecular flexibility index (Phi) is 4.59. The van der Waals surface area contributed by atoms with Gasteiger partial charge in [-0.15, -0.1) is 0 Å². The maximum atomic E-state index is 6.32. The van der Waals surface area contributed by atoms with Crippen LogP contribution in [0.15, 0.2) is 76.4 Å². The van der Waals surface area contributed by atoms with Gasteiger partial charge in [0, 0.05) is 54.1 Å². The normalized spacial score (nSPS) is 12.1. The molecule has 0 fully saturated rings. The summed E-state index contributed by atoms with van der Waals surface area (Å²) in [6.45, 7) is 6.17. The van der Waals surface area contributed by atoms with Gasteiger partial charge in [-0.3, -0.25) is 0 Å². The van der Waals surface area contributed by atoms with Crippen molar-refractivity contribution in [2.45, 2.75) is 13.8 Å². The predicted molar refractivity (Wildman–Crippen MR) is 119 cm³/mol. The van der Waals surface area contributed by atoms with Gasteiger partial charge in [0.2, 0.25) is 5.95 Å². The summed E-state index contributed by atoms with van der Waals surface area (Å²) >= 11 is 0. The zero-order valence-electron chi connectivity index (χ0n) is 16.9. The van der Waals surface area contributed by atoms with Crippen LogP contribution in [0.4, 0.5) is 11.6 Å². The van der Waals surface area contributed by atoms with E-state index in [1.807, 2.05) is 36.4 Å². The number of nitrogens with zero attached hydrogens (tertiary/aromatic N) is 5. The molecule has 0 spiro atoms.